The van der Waals surface area contributed by atoms with Crippen LogP contribution in [0, 0.1) is 0 Å². The number of nitrogens with zero attached hydrogens (tertiary/aromatic N) is 2. The third-order valence-electron chi connectivity index (χ3n) is 4.58. The zero-order valence-corrected chi connectivity index (χ0v) is 14.2. The number of halogens is 1. The molecule has 3 nitrogen and oxygen atoms in total. The minimum atomic E-state index is 0.489. The van der Waals surface area contributed by atoms with E-state index in [1.807, 2.05) is 24.5 Å². The maximum Gasteiger partial charge on any atom is 0.0409 e. The minimum absolute atomic E-state index is 0.489. The van der Waals surface area contributed by atoms with Gasteiger partial charge >= 0.3 is 0 Å². The first-order chi connectivity index (χ1) is 11.8. The van der Waals surface area contributed by atoms with Gasteiger partial charge in [-0.25, -0.2) is 0 Å². The standard InChI is InChI=1S/C20H20ClN3/c21-18-3-1-2-15(10-18)13-24-9-7-20(14-24)23-19-5-4-17-12-22-8-6-16(17)11-19/h1-6,8,10-12,20,23H,7,9,13-14H2. The van der Waals surface area contributed by atoms with Gasteiger partial charge in [0, 0.05) is 54.2 Å². The van der Waals surface area contributed by atoms with Crippen molar-refractivity contribution in [3.63, 3.8) is 0 Å². The van der Waals surface area contributed by atoms with Gasteiger partial charge in [-0.3, -0.25) is 9.88 Å². The summed E-state index contributed by atoms with van der Waals surface area (Å²) < 4.78 is 0. The molecule has 2 aromatic carbocycles. The number of likely N-dealkylation sites (tertiary alicyclic amines) is 1. The van der Waals surface area contributed by atoms with Crippen LogP contribution in [0.15, 0.2) is 60.9 Å². The van der Waals surface area contributed by atoms with Gasteiger partial charge in [0.2, 0.25) is 0 Å². The summed E-state index contributed by atoms with van der Waals surface area (Å²) in [4.78, 5) is 6.65. The molecule has 0 aliphatic carbocycles. The molecule has 3 aromatic rings. The number of benzene rings is 2. The Hall–Kier alpha value is -2.10. The van der Waals surface area contributed by atoms with Crippen molar-refractivity contribution in [1.82, 2.24) is 9.88 Å². The summed E-state index contributed by atoms with van der Waals surface area (Å²) in [7, 11) is 0. The van der Waals surface area contributed by atoms with Crippen LogP contribution in [0.2, 0.25) is 5.02 Å². The van der Waals surface area contributed by atoms with E-state index in [-0.39, 0.29) is 0 Å². The van der Waals surface area contributed by atoms with Crippen molar-refractivity contribution >= 4 is 28.1 Å². The van der Waals surface area contributed by atoms with Gasteiger partial charge in [0.1, 0.15) is 0 Å². The van der Waals surface area contributed by atoms with Gasteiger partial charge in [-0.1, -0.05) is 29.8 Å². The van der Waals surface area contributed by atoms with E-state index in [1.54, 1.807) is 0 Å². The second-order valence-electron chi connectivity index (χ2n) is 6.43. The molecule has 1 aliphatic heterocycles. The molecule has 122 valence electrons. The van der Waals surface area contributed by atoms with E-state index in [0.717, 1.165) is 31.1 Å². The predicted molar refractivity (Wildman–Crippen MR) is 100 cm³/mol. The molecule has 0 amide bonds. The number of rotatable bonds is 4. The number of aromatic nitrogens is 1. The van der Waals surface area contributed by atoms with Crippen LogP contribution in [0.1, 0.15) is 12.0 Å². The number of pyridine rings is 1. The summed E-state index contributed by atoms with van der Waals surface area (Å²) in [6, 6.07) is 17.2. The van der Waals surface area contributed by atoms with Crippen LogP contribution in [0.3, 0.4) is 0 Å². The monoisotopic (exact) mass is 337 g/mol. The zero-order valence-electron chi connectivity index (χ0n) is 13.5. The van der Waals surface area contributed by atoms with Crippen molar-refractivity contribution < 1.29 is 0 Å². The Labute approximate surface area is 147 Å². The molecule has 1 atom stereocenters. The maximum atomic E-state index is 6.08. The van der Waals surface area contributed by atoms with Gasteiger partial charge in [0.05, 0.1) is 0 Å². The van der Waals surface area contributed by atoms with E-state index >= 15 is 0 Å². The average Bonchev–Trinajstić information content (AvgIpc) is 3.02. The van der Waals surface area contributed by atoms with Crippen LogP contribution in [-0.2, 0) is 6.54 Å². The van der Waals surface area contributed by atoms with E-state index in [9.17, 15) is 0 Å². The van der Waals surface area contributed by atoms with Gasteiger partial charge < -0.3 is 5.32 Å². The summed E-state index contributed by atoms with van der Waals surface area (Å²) in [5.74, 6) is 0. The van der Waals surface area contributed by atoms with Crippen LogP contribution in [0.25, 0.3) is 10.8 Å². The number of hydrogen-bond acceptors (Lipinski definition) is 3. The number of hydrogen-bond donors (Lipinski definition) is 1. The van der Waals surface area contributed by atoms with Crippen molar-refractivity contribution in [2.75, 3.05) is 18.4 Å². The van der Waals surface area contributed by atoms with E-state index in [1.165, 1.54) is 22.0 Å². The number of anilines is 1. The fraction of sp³-hybridized carbons (Fsp3) is 0.250. The lowest BCUT2D eigenvalue weighted by molar-refractivity contribution is 0.328. The van der Waals surface area contributed by atoms with E-state index in [4.69, 9.17) is 11.6 Å². The molecule has 4 heteroatoms. The van der Waals surface area contributed by atoms with Crippen molar-refractivity contribution in [2.45, 2.75) is 19.0 Å². The molecule has 1 saturated heterocycles. The molecule has 4 rings (SSSR count). The molecule has 1 fully saturated rings. The molecule has 0 bridgehead atoms. The molecule has 1 unspecified atom stereocenters. The Morgan fingerprint density at radius 2 is 2.08 bits per heavy atom. The van der Waals surface area contributed by atoms with E-state index < -0.39 is 0 Å². The predicted octanol–water partition coefficient (Wildman–Crippen LogP) is 4.57. The van der Waals surface area contributed by atoms with Crippen LogP contribution in [0.5, 0.6) is 0 Å². The third kappa shape index (κ3) is 3.53. The zero-order chi connectivity index (χ0) is 16.4. The SMILES string of the molecule is Clc1cccc(CN2CCC(Nc3ccc4cnccc4c3)C2)c1. The van der Waals surface area contributed by atoms with E-state index in [0.29, 0.717) is 6.04 Å². The van der Waals surface area contributed by atoms with Crippen molar-refractivity contribution in [2.24, 2.45) is 0 Å². The third-order valence-corrected chi connectivity index (χ3v) is 4.81. The van der Waals surface area contributed by atoms with Gasteiger partial charge in [0.15, 0.2) is 0 Å². The molecule has 0 saturated carbocycles. The van der Waals surface area contributed by atoms with Gasteiger partial charge in [-0.15, -0.1) is 0 Å². The lowest BCUT2D eigenvalue weighted by atomic mass is 10.1. The normalized spacial score (nSPS) is 18.1. The molecule has 24 heavy (non-hydrogen) atoms. The van der Waals surface area contributed by atoms with Crippen LogP contribution < -0.4 is 5.32 Å². The molecule has 1 N–H and O–H groups in total. The largest absolute Gasteiger partial charge is 0.381 e. The Kier molecular flexibility index (Phi) is 4.37. The Morgan fingerprint density at radius 1 is 1.12 bits per heavy atom. The molecule has 0 radical (unpaired) electrons. The van der Waals surface area contributed by atoms with Crippen molar-refractivity contribution in [3.8, 4) is 0 Å². The summed E-state index contributed by atoms with van der Waals surface area (Å²) in [5, 5.41) is 6.89. The highest BCUT2D eigenvalue weighted by atomic mass is 35.5. The number of fused-ring (bicyclic) bond motifs is 1. The fourth-order valence-electron chi connectivity index (χ4n) is 3.40. The summed E-state index contributed by atoms with van der Waals surface area (Å²) in [5.41, 5.74) is 2.46. The van der Waals surface area contributed by atoms with E-state index in [2.05, 4.69) is 51.6 Å². The fourth-order valence-corrected chi connectivity index (χ4v) is 3.61. The Morgan fingerprint density at radius 3 is 3.00 bits per heavy atom. The van der Waals surface area contributed by atoms with Gasteiger partial charge in [-0.2, -0.15) is 0 Å². The van der Waals surface area contributed by atoms with Gasteiger partial charge in [0.25, 0.3) is 0 Å². The first kappa shape index (κ1) is 15.4. The molecular weight excluding hydrogens is 318 g/mol. The maximum absolute atomic E-state index is 6.08. The lowest BCUT2D eigenvalue weighted by Gasteiger charge is -2.18. The molecule has 0 spiro atoms. The molecular formula is C20H20ClN3. The average molecular weight is 338 g/mol. The first-order valence-electron chi connectivity index (χ1n) is 8.33. The highest BCUT2D eigenvalue weighted by molar-refractivity contribution is 6.30. The second kappa shape index (κ2) is 6.80. The topological polar surface area (TPSA) is 28.2 Å². The lowest BCUT2D eigenvalue weighted by Crippen LogP contribution is -2.25. The highest BCUT2D eigenvalue weighted by Crippen LogP contribution is 2.22. The minimum Gasteiger partial charge on any atom is -0.381 e. The summed E-state index contributed by atoms with van der Waals surface area (Å²) in [6.07, 6.45) is 4.91. The van der Waals surface area contributed by atoms with Crippen LogP contribution >= 0.6 is 11.6 Å². The first-order valence-corrected chi connectivity index (χ1v) is 8.71. The van der Waals surface area contributed by atoms with Crippen molar-refractivity contribution in [1.29, 1.82) is 0 Å². The highest BCUT2D eigenvalue weighted by Gasteiger charge is 2.22. The quantitative estimate of drug-likeness (QED) is 0.755. The smallest absolute Gasteiger partial charge is 0.0409 e. The van der Waals surface area contributed by atoms with Crippen molar-refractivity contribution in [3.05, 3.63) is 71.5 Å². The molecule has 2 heterocycles. The molecule has 1 aromatic heterocycles. The Bertz CT molecular complexity index is 849. The number of nitrogens with one attached hydrogen (secondary N) is 1. The van der Waals surface area contributed by atoms with Gasteiger partial charge in [-0.05, 0) is 47.7 Å². The summed E-state index contributed by atoms with van der Waals surface area (Å²) >= 11 is 6.08. The summed E-state index contributed by atoms with van der Waals surface area (Å²) in [6.45, 7) is 3.13. The van der Waals surface area contributed by atoms with Crippen LogP contribution in [0.4, 0.5) is 5.69 Å². The Balaban J connectivity index is 1.39. The second-order valence-corrected chi connectivity index (χ2v) is 6.87. The molecule has 1 aliphatic rings. The van der Waals surface area contributed by atoms with Crippen LogP contribution in [-0.4, -0.2) is 29.0 Å².